The molecule has 0 aliphatic carbocycles. The van der Waals surface area contributed by atoms with Gasteiger partial charge in [0, 0.05) is 31.2 Å². The highest BCUT2D eigenvalue weighted by molar-refractivity contribution is 7.90. The highest BCUT2D eigenvalue weighted by Crippen LogP contribution is 2.17. The van der Waals surface area contributed by atoms with Gasteiger partial charge in [0.05, 0.1) is 0 Å². The number of hydrogen-bond donors (Lipinski definition) is 3. The first-order chi connectivity index (χ1) is 14.3. The number of amides is 2. The number of carbonyl (C=O) groups is 2. The largest absolute Gasteiger partial charge is 0.444 e. The van der Waals surface area contributed by atoms with Crippen molar-refractivity contribution in [2.45, 2.75) is 31.5 Å². The van der Waals surface area contributed by atoms with Crippen molar-refractivity contribution < 1.29 is 27.1 Å². The third-order valence-corrected chi connectivity index (χ3v) is 4.39. The summed E-state index contributed by atoms with van der Waals surface area (Å²) < 4.78 is 41.7. The summed E-state index contributed by atoms with van der Waals surface area (Å²) in [7, 11) is -3.72. The first kappa shape index (κ1) is 24.0. The molecule has 2 aromatic rings. The molecule has 0 bridgehead atoms. The number of hydrogen-bond acceptors (Lipinski definition) is 8. The minimum absolute atomic E-state index is 0.0333. The molecular weight excluding hydrogens is 429 g/mol. The third kappa shape index (κ3) is 7.81. The van der Waals surface area contributed by atoms with Gasteiger partial charge >= 0.3 is 6.09 Å². The molecular formula is C19H24FN5O5S. The van der Waals surface area contributed by atoms with E-state index >= 15 is 0 Å². The van der Waals surface area contributed by atoms with Gasteiger partial charge in [-0.3, -0.25) is 4.79 Å². The summed E-state index contributed by atoms with van der Waals surface area (Å²) in [4.78, 5) is 32.0. The average Bonchev–Trinajstić information content (AvgIpc) is 2.64. The highest BCUT2D eigenvalue weighted by Gasteiger charge is 2.20. The van der Waals surface area contributed by atoms with Crippen LogP contribution in [0.15, 0.2) is 35.6 Å². The van der Waals surface area contributed by atoms with Gasteiger partial charge in [0.15, 0.2) is 0 Å². The Morgan fingerprint density at radius 1 is 1.13 bits per heavy atom. The van der Waals surface area contributed by atoms with Crippen molar-refractivity contribution in [2.24, 2.45) is 0 Å². The second kappa shape index (κ2) is 9.69. The molecule has 0 radical (unpaired) electrons. The first-order valence-electron chi connectivity index (χ1n) is 9.20. The fourth-order valence-electron chi connectivity index (χ4n) is 2.24. The summed E-state index contributed by atoms with van der Waals surface area (Å²) in [5.41, 5.74) is -0.356. The van der Waals surface area contributed by atoms with Gasteiger partial charge in [0.1, 0.15) is 22.8 Å². The number of nitrogens with zero attached hydrogens (tertiary/aromatic N) is 2. The summed E-state index contributed by atoms with van der Waals surface area (Å²) in [5.74, 6) is -1.13. The Labute approximate surface area is 179 Å². The van der Waals surface area contributed by atoms with E-state index in [9.17, 15) is 22.4 Å². The molecule has 0 fully saturated rings. The molecule has 1 aromatic carbocycles. The molecule has 10 nitrogen and oxygen atoms in total. The van der Waals surface area contributed by atoms with Crippen molar-refractivity contribution in [3.63, 3.8) is 0 Å². The Balaban J connectivity index is 2.13. The van der Waals surface area contributed by atoms with Crippen molar-refractivity contribution in [2.75, 3.05) is 30.0 Å². The highest BCUT2D eigenvalue weighted by atomic mass is 32.2. The summed E-state index contributed by atoms with van der Waals surface area (Å²) in [6.07, 6.45) is 1.39. The molecule has 1 heterocycles. The quantitative estimate of drug-likeness (QED) is 0.428. The molecule has 3 N–H and O–H groups in total. The Kier molecular flexibility index (Phi) is 7.50. The van der Waals surface area contributed by atoms with Crippen molar-refractivity contribution in [3.8, 4) is 0 Å². The van der Waals surface area contributed by atoms with Crippen LogP contribution in [-0.2, 0) is 14.6 Å². The number of sulfone groups is 1. The van der Waals surface area contributed by atoms with Gasteiger partial charge in [-0.1, -0.05) is 0 Å². The monoisotopic (exact) mass is 453 g/mol. The van der Waals surface area contributed by atoms with Gasteiger partial charge in [-0.15, -0.1) is 0 Å². The maximum atomic E-state index is 13.0. The maximum Gasteiger partial charge on any atom is 0.407 e. The van der Waals surface area contributed by atoms with E-state index in [0.29, 0.717) is 5.69 Å². The zero-order valence-corrected chi connectivity index (χ0v) is 18.3. The number of rotatable bonds is 7. The van der Waals surface area contributed by atoms with E-state index in [1.54, 1.807) is 20.8 Å². The number of halogens is 1. The Morgan fingerprint density at radius 3 is 2.35 bits per heavy atom. The van der Waals surface area contributed by atoms with E-state index in [2.05, 4.69) is 25.9 Å². The van der Waals surface area contributed by atoms with Crippen LogP contribution in [-0.4, -0.2) is 55.3 Å². The van der Waals surface area contributed by atoms with Crippen LogP contribution in [0.4, 0.5) is 20.7 Å². The lowest BCUT2D eigenvalue weighted by molar-refractivity contribution is 0.0529. The summed E-state index contributed by atoms with van der Waals surface area (Å²) in [5, 5.41) is 7.43. The van der Waals surface area contributed by atoms with Gasteiger partial charge in [-0.25, -0.2) is 27.6 Å². The molecule has 0 saturated heterocycles. The lowest BCUT2D eigenvalue weighted by atomic mass is 10.2. The lowest BCUT2D eigenvalue weighted by Crippen LogP contribution is -2.35. The molecule has 12 heteroatoms. The van der Waals surface area contributed by atoms with Crippen LogP contribution < -0.4 is 16.0 Å². The second-order valence-electron chi connectivity index (χ2n) is 7.50. The fourth-order valence-corrected chi connectivity index (χ4v) is 2.74. The van der Waals surface area contributed by atoms with Crippen molar-refractivity contribution in [1.82, 2.24) is 15.3 Å². The first-order valence-corrected chi connectivity index (χ1v) is 11.1. The SMILES string of the molecule is CC(C)(C)OC(=O)NCCNc1nc(S(C)(=O)=O)ncc1C(=O)Nc1ccc(F)cc1. The topological polar surface area (TPSA) is 139 Å². The number of anilines is 2. The zero-order chi connectivity index (χ0) is 23.2. The molecule has 0 aliphatic heterocycles. The van der Waals surface area contributed by atoms with Crippen LogP contribution in [0.5, 0.6) is 0 Å². The molecule has 0 atom stereocenters. The number of alkyl carbamates (subject to hydrolysis) is 1. The average molecular weight is 453 g/mol. The minimum atomic E-state index is -3.72. The smallest absolute Gasteiger partial charge is 0.407 e. The molecule has 0 saturated carbocycles. The minimum Gasteiger partial charge on any atom is -0.444 e. The van der Waals surface area contributed by atoms with Crippen LogP contribution in [0.2, 0.25) is 0 Å². The molecule has 168 valence electrons. The number of carbonyl (C=O) groups excluding carboxylic acids is 2. The lowest BCUT2D eigenvalue weighted by Gasteiger charge is -2.19. The van der Waals surface area contributed by atoms with E-state index in [0.717, 1.165) is 12.5 Å². The number of nitrogens with one attached hydrogen (secondary N) is 3. The molecule has 0 aliphatic rings. The van der Waals surface area contributed by atoms with E-state index in [1.165, 1.54) is 24.3 Å². The fraction of sp³-hybridized carbons (Fsp3) is 0.368. The van der Waals surface area contributed by atoms with Crippen molar-refractivity contribution in [3.05, 3.63) is 41.8 Å². The predicted octanol–water partition coefficient (Wildman–Crippen LogP) is 2.21. The van der Waals surface area contributed by atoms with E-state index in [4.69, 9.17) is 4.74 Å². The molecule has 0 spiro atoms. The zero-order valence-electron chi connectivity index (χ0n) is 17.5. The Bertz CT molecular complexity index is 1050. The van der Waals surface area contributed by atoms with E-state index < -0.39 is 38.4 Å². The Hall–Kier alpha value is -3.28. The summed E-state index contributed by atoms with van der Waals surface area (Å²) >= 11 is 0. The Morgan fingerprint density at radius 2 is 1.77 bits per heavy atom. The standard InChI is InChI=1S/C19H24FN5O5S/c1-19(2,3)30-18(27)22-10-9-21-15-14(11-23-17(25-15)31(4,28)29)16(26)24-13-7-5-12(20)6-8-13/h5-8,11H,9-10H2,1-4H3,(H,22,27)(H,24,26)(H,21,23,25). The second-order valence-corrected chi connectivity index (χ2v) is 9.41. The van der Waals surface area contributed by atoms with Crippen LogP contribution >= 0.6 is 0 Å². The van der Waals surface area contributed by atoms with Gasteiger partial charge < -0.3 is 20.7 Å². The van der Waals surface area contributed by atoms with Gasteiger partial charge in [0.25, 0.3) is 5.91 Å². The van der Waals surface area contributed by atoms with Crippen LogP contribution in [0, 0.1) is 5.82 Å². The number of benzene rings is 1. The van der Waals surface area contributed by atoms with Gasteiger partial charge in [-0.05, 0) is 45.0 Å². The van der Waals surface area contributed by atoms with Crippen molar-refractivity contribution in [1.29, 1.82) is 0 Å². The molecule has 1 aromatic heterocycles. The third-order valence-electron chi connectivity index (χ3n) is 3.53. The van der Waals surface area contributed by atoms with Crippen molar-refractivity contribution >= 4 is 33.3 Å². The van der Waals surface area contributed by atoms with E-state index in [1.807, 2.05) is 0 Å². The number of ether oxygens (including phenoxy) is 1. The molecule has 31 heavy (non-hydrogen) atoms. The predicted molar refractivity (Wildman–Crippen MR) is 112 cm³/mol. The summed E-state index contributed by atoms with van der Waals surface area (Å²) in [6, 6.07) is 5.11. The van der Waals surface area contributed by atoms with E-state index in [-0.39, 0.29) is 24.5 Å². The normalized spacial score (nSPS) is 11.5. The molecule has 2 rings (SSSR count). The summed E-state index contributed by atoms with van der Waals surface area (Å²) in [6.45, 7) is 5.42. The van der Waals surface area contributed by atoms with Crippen LogP contribution in [0.3, 0.4) is 0 Å². The van der Waals surface area contributed by atoms with Gasteiger partial charge in [-0.2, -0.15) is 0 Å². The molecule has 2 amide bonds. The van der Waals surface area contributed by atoms with Crippen LogP contribution in [0.1, 0.15) is 31.1 Å². The maximum absolute atomic E-state index is 13.0. The van der Waals surface area contributed by atoms with Gasteiger partial charge in [0.2, 0.25) is 15.0 Å². The van der Waals surface area contributed by atoms with Crippen LogP contribution in [0.25, 0.3) is 0 Å². The number of aromatic nitrogens is 2. The molecule has 0 unspecified atom stereocenters.